The number of amides is 1. The van der Waals surface area contributed by atoms with Crippen molar-refractivity contribution in [2.75, 3.05) is 18.9 Å². The van der Waals surface area contributed by atoms with Gasteiger partial charge in [0.1, 0.15) is 16.4 Å². The number of fused-ring (bicyclic) bond motifs is 1. The number of rotatable bonds is 4. The molecule has 142 valence electrons. The average molecular weight is 409 g/mol. The molecule has 0 radical (unpaired) electrons. The van der Waals surface area contributed by atoms with Crippen molar-refractivity contribution >= 4 is 44.7 Å². The van der Waals surface area contributed by atoms with Crippen molar-refractivity contribution in [1.82, 2.24) is 5.32 Å². The van der Waals surface area contributed by atoms with Gasteiger partial charge in [0.2, 0.25) is 0 Å². The van der Waals surface area contributed by atoms with E-state index in [9.17, 15) is 13.2 Å². The number of hydrogen-bond donors (Lipinski definition) is 2. The fraction of sp³-hybridized carbons (Fsp3) is 0.125. The number of benzene rings is 2. The average Bonchev–Trinajstić information content (AvgIpc) is 2.67. The van der Waals surface area contributed by atoms with E-state index in [1.807, 2.05) is 0 Å². The van der Waals surface area contributed by atoms with Crippen LogP contribution in [0.5, 0.6) is 11.5 Å². The maximum atomic E-state index is 12.4. The highest BCUT2D eigenvalue weighted by molar-refractivity contribution is 8.15. The lowest BCUT2D eigenvalue weighted by Gasteiger charge is -2.17. The van der Waals surface area contributed by atoms with Crippen molar-refractivity contribution in [3.05, 3.63) is 42.5 Å². The highest BCUT2D eigenvalue weighted by Gasteiger charge is 2.20. The Balaban J connectivity index is 1.78. The summed E-state index contributed by atoms with van der Waals surface area (Å²) in [4.78, 5) is 15.5. The molecule has 1 amide bonds. The van der Waals surface area contributed by atoms with Crippen LogP contribution in [-0.4, -0.2) is 33.9 Å². The van der Waals surface area contributed by atoms with Gasteiger partial charge < -0.3 is 18.4 Å². The van der Waals surface area contributed by atoms with E-state index in [0.717, 1.165) is 11.9 Å². The van der Waals surface area contributed by atoms with Gasteiger partial charge in [-0.25, -0.2) is 9.79 Å². The molecule has 0 aliphatic carbocycles. The number of carbonyl (C=O) groups is 1. The molecule has 0 saturated carbocycles. The molecule has 0 atom stereocenters. The monoisotopic (exact) mass is 409 g/mol. The van der Waals surface area contributed by atoms with Crippen LogP contribution in [-0.2, 0) is 14.9 Å². The first-order valence-electron chi connectivity index (χ1n) is 7.50. The van der Waals surface area contributed by atoms with E-state index in [4.69, 9.17) is 8.92 Å². The third-order valence-electron chi connectivity index (χ3n) is 3.40. The molecular weight excluding hydrogens is 394 g/mol. The third kappa shape index (κ3) is 4.44. The number of amidine groups is 1. The van der Waals surface area contributed by atoms with Gasteiger partial charge in [-0.15, -0.1) is 0 Å². The molecule has 1 aliphatic rings. The van der Waals surface area contributed by atoms with Crippen LogP contribution in [0.25, 0.3) is 0 Å². The van der Waals surface area contributed by atoms with Crippen LogP contribution in [0.15, 0.2) is 52.4 Å². The number of anilines is 1. The topological polar surface area (TPSA) is 115 Å². The maximum absolute atomic E-state index is 12.4. The Morgan fingerprint density at radius 2 is 1.81 bits per heavy atom. The number of aliphatic imine (C=N–C) groups is 1. The fourth-order valence-electron chi connectivity index (χ4n) is 2.09. The molecule has 2 aromatic carbocycles. The van der Waals surface area contributed by atoms with Gasteiger partial charge in [0.05, 0.1) is 25.6 Å². The summed E-state index contributed by atoms with van der Waals surface area (Å²) in [6.07, 6.45) is -0.642. The van der Waals surface area contributed by atoms with E-state index < -0.39 is 16.2 Å². The Bertz CT molecular complexity index is 990. The van der Waals surface area contributed by atoms with Gasteiger partial charge in [-0.3, -0.25) is 5.32 Å². The molecule has 9 nitrogen and oxygen atoms in total. The minimum Gasteiger partial charge on any atom is -0.497 e. The van der Waals surface area contributed by atoms with E-state index in [1.165, 1.54) is 50.6 Å². The Hall–Kier alpha value is -2.92. The highest BCUT2D eigenvalue weighted by atomic mass is 32.2. The Labute approximate surface area is 160 Å². The molecule has 3 rings (SSSR count). The molecule has 0 fully saturated rings. The molecule has 2 aromatic rings. The number of hydrogen-bond acceptors (Lipinski definition) is 9. The molecule has 1 heterocycles. The summed E-state index contributed by atoms with van der Waals surface area (Å²) in [6.45, 7) is 0. The smallest absolute Gasteiger partial charge is 0.412 e. The lowest BCUT2D eigenvalue weighted by atomic mass is 10.2. The van der Waals surface area contributed by atoms with Crippen LogP contribution >= 0.6 is 11.9 Å². The first-order chi connectivity index (χ1) is 12.9. The second-order valence-electron chi connectivity index (χ2n) is 5.13. The molecule has 0 spiro atoms. The summed E-state index contributed by atoms with van der Waals surface area (Å²) in [5.41, 5.74) is 1.05. The van der Waals surface area contributed by atoms with Crippen molar-refractivity contribution in [3.8, 4) is 11.5 Å². The quantitative estimate of drug-likeness (QED) is 0.585. The summed E-state index contributed by atoms with van der Waals surface area (Å²) in [7, 11) is -1.25. The van der Waals surface area contributed by atoms with Crippen molar-refractivity contribution in [1.29, 1.82) is 0 Å². The Morgan fingerprint density at radius 1 is 1.11 bits per heavy atom. The van der Waals surface area contributed by atoms with Crippen molar-refractivity contribution in [3.63, 3.8) is 0 Å². The fourth-order valence-corrected chi connectivity index (χ4v) is 3.66. The zero-order valence-corrected chi connectivity index (χ0v) is 15.9. The highest BCUT2D eigenvalue weighted by Crippen LogP contribution is 2.36. The van der Waals surface area contributed by atoms with Crippen LogP contribution in [0.1, 0.15) is 0 Å². The van der Waals surface area contributed by atoms with Gasteiger partial charge in [0, 0.05) is 18.0 Å². The third-order valence-corrected chi connectivity index (χ3v) is 5.37. The van der Waals surface area contributed by atoms with E-state index in [0.29, 0.717) is 22.3 Å². The zero-order valence-electron chi connectivity index (χ0n) is 14.3. The van der Waals surface area contributed by atoms with Gasteiger partial charge in [-0.05, 0) is 36.4 Å². The van der Waals surface area contributed by atoms with Gasteiger partial charge in [-0.2, -0.15) is 8.42 Å². The van der Waals surface area contributed by atoms with Crippen LogP contribution in [0.2, 0.25) is 0 Å². The van der Waals surface area contributed by atoms with Crippen molar-refractivity contribution in [2.45, 2.75) is 4.90 Å². The normalized spacial score (nSPS) is 12.9. The standard InChI is InChI=1S/C16H15N3O6S2/c1-23-10-3-6-12(7-4-10)27(21,22)25-11-5-8-13-14(9-11)19-26-15(17-13)18-16(20)24-2/h3-9,19H,1-2H3,(H,17,18,20). The van der Waals surface area contributed by atoms with Crippen LogP contribution in [0.4, 0.5) is 16.2 Å². The molecule has 0 bridgehead atoms. The minimum atomic E-state index is -3.99. The largest absolute Gasteiger partial charge is 0.497 e. The summed E-state index contributed by atoms with van der Waals surface area (Å²) >= 11 is 1.05. The van der Waals surface area contributed by atoms with Crippen molar-refractivity contribution < 1.29 is 26.9 Å². The number of methoxy groups -OCH3 is 2. The molecule has 27 heavy (non-hydrogen) atoms. The van der Waals surface area contributed by atoms with E-state index in [1.54, 1.807) is 6.07 Å². The number of nitrogens with one attached hydrogen (secondary N) is 2. The maximum Gasteiger partial charge on any atom is 0.412 e. The minimum absolute atomic E-state index is 0.00550. The predicted octanol–water partition coefficient (Wildman–Crippen LogP) is 2.88. The first kappa shape index (κ1) is 18.9. The molecule has 0 saturated heterocycles. The summed E-state index contributed by atoms with van der Waals surface area (Å²) in [6, 6.07) is 10.4. The zero-order chi connectivity index (χ0) is 19.4. The van der Waals surface area contributed by atoms with Gasteiger partial charge >= 0.3 is 16.2 Å². The predicted molar refractivity (Wildman–Crippen MR) is 101 cm³/mol. The lowest BCUT2D eigenvalue weighted by molar-refractivity contribution is 0.177. The van der Waals surface area contributed by atoms with Gasteiger partial charge in [-0.1, -0.05) is 0 Å². The Morgan fingerprint density at radius 3 is 2.48 bits per heavy atom. The summed E-state index contributed by atoms with van der Waals surface area (Å²) < 4.78 is 42.4. The second-order valence-corrected chi connectivity index (χ2v) is 7.47. The van der Waals surface area contributed by atoms with Crippen LogP contribution < -0.4 is 19.0 Å². The molecular formula is C16H15N3O6S2. The van der Waals surface area contributed by atoms with Gasteiger partial charge in [0.15, 0.2) is 5.17 Å². The number of nitrogens with zero attached hydrogens (tertiary/aromatic N) is 1. The molecule has 11 heteroatoms. The molecule has 0 aromatic heterocycles. The SMILES string of the molecule is COC(=O)NC1=Nc2ccc(OS(=O)(=O)c3ccc(OC)cc3)cc2NS1. The van der Waals surface area contributed by atoms with Crippen LogP contribution in [0.3, 0.4) is 0 Å². The Kier molecular flexibility index (Phi) is 5.42. The second kappa shape index (κ2) is 7.76. The summed E-state index contributed by atoms with van der Waals surface area (Å²) in [5.74, 6) is 0.662. The number of carbonyl (C=O) groups excluding carboxylic acids is 1. The van der Waals surface area contributed by atoms with Gasteiger partial charge in [0.25, 0.3) is 0 Å². The van der Waals surface area contributed by atoms with E-state index in [-0.39, 0.29) is 10.6 Å². The molecule has 0 unspecified atom stereocenters. The first-order valence-corrected chi connectivity index (χ1v) is 9.73. The number of ether oxygens (including phenoxy) is 2. The van der Waals surface area contributed by atoms with Crippen LogP contribution in [0, 0.1) is 0 Å². The lowest BCUT2D eigenvalue weighted by Crippen LogP contribution is -2.29. The van der Waals surface area contributed by atoms with E-state index in [2.05, 4.69) is 19.8 Å². The van der Waals surface area contributed by atoms with Crippen molar-refractivity contribution in [2.24, 2.45) is 4.99 Å². The summed E-state index contributed by atoms with van der Waals surface area (Å²) in [5, 5.41) is 2.74. The number of alkyl carbamates (subject to hydrolysis) is 1. The molecule has 1 aliphatic heterocycles. The molecule has 2 N–H and O–H groups in total. The van der Waals surface area contributed by atoms with E-state index >= 15 is 0 Å².